The van der Waals surface area contributed by atoms with E-state index in [0.29, 0.717) is 17.8 Å². The van der Waals surface area contributed by atoms with Crippen LogP contribution in [0.5, 0.6) is 0 Å². The molecule has 0 aromatic heterocycles. The summed E-state index contributed by atoms with van der Waals surface area (Å²) in [6, 6.07) is 0. The van der Waals surface area contributed by atoms with Crippen LogP contribution in [0.3, 0.4) is 0 Å². The number of halogens is 3. The molecule has 3 atom stereocenters. The first kappa shape index (κ1) is 30.6. The molecule has 0 bridgehead atoms. The van der Waals surface area contributed by atoms with E-state index < -0.39 is 0 Å². The van der Waals surface area contributed by atoms with Gasteiger partial charge in [0, 0.05) is 6.10 Å². The maximum absolute atomic E-state index is 11.8. The Morgan fingerprint density at radius 2 is 1.82 bits per heavy atom. The molecule has 8 heteroatoms. The van der Waals surface area contributed by atoms with E-state index in [-0.39, 0.29) is 76.7 Å². The van der Waals surface area contributed by atoms with E-state index >= 15 is 0 Å². The van der Waals surface area contributed by atoms with Crippen molar-refractivity contribution in [3.05, 3.63) is 11.6 Å². The van der Waals surface area contributed by atoms with Gasteiger partial charge in [-0.15, -0.1) is 0 Å². The van der Waals surface area contributed by atoms with Crippen molar-refractivity contribution in [1.82, 2.24) is 0 Å². The van der Waals surface area contributed by atoms with Crippen molar-refractivity contribution < 1.29 is 68.8 Å². The SMILES string of the molecule is C/C(N=C=S)=C(/[O-])O[C@@H]1C[C@H](C)CC[C@H]1C(C)C.[Cl-].[Cl-].[Cl-].[Ti+4]. The molecule has 1 saturated carbocycles. The smallest absolute Gasteiger partial charge is 1.00 e. The summed E-state index contributed by atoms with van der Waals surface area (Å²) in [6.45, 7) is 8.20. The third-order valence-corrected chi connectivity index (χ3v) is 3.82. The number of hydrogen-bond acceptors (Lipinski definition) is 4. The van der Waals surface area contributed by atoms with Crippen molar-refractivity contribution in [1.29, 1.82) is 0 Å². The Labute approximate surface area is 172 Å². The van der Waals surface area contributed by atoms with Crippen LogP contribution in [-0.4, -0.2) is 11.3 Å². The summed E-state index contributed by atoms with van der Waals surface area (Å²) in [6.07, 6.45) is 3.31. The Morgan fingerprint density at radius 1 is 1.27 bits per heavy atom. The van der Waals surface area contributed by atoms with E-state index in [9.17, 15) is 5.11 Å². The van der Waals surface area contributed by atoms with E-state index in [1.807, 2.05) is 0 Å². The van der Waals surface area contributed by atoms with Crippen LogP contribution in [0.25, 0.3) is 0 Å². The first-order valence-corrected chi connectivity index (χ1v) is 6.99. The number of aliphatic imine (C=N–C) groups is 1. The van der Waals surface area contributed by atoms with Crippen molar-refractivity contribution in [2.24, 2.45) is 22.7 Å². The first-order chi connectivity index (χ1) is 8.45. The number of rotatable bonds is 4. The second-order valence-electron chi connectivity index (χ2n) is 5.56. The van der Waals surface area contributed by atoms with Gasteiger partial charge in [-0.1, -0.05) is 27.2 Å². The molecule has 0 aromatic carbocycles. The summed E-state index contributed by atoms with van der Waals surface area (Å²) >= 11 is 4.49. The Morgan fingerprint density at radius 3 is 2.27 bits per heavy atom. The van der Waals surface area contributed by atoms with Gasteiger partial charge in [0.2, 0.25) is 0 Å². The van der Waals surface area contributed by atoms with Crippen molar-refractivity contribution in [2.75, 3.05) is 0 Å². The van der Waals surface area contributed by atoms with E-state index in [4.69, 9.17) is 4.74 Å². The largest absolute Gasteiger partial charge is 4.00 e. The second-order valence-corrected chi connectivity index (χ2v) is 5.74. The molecule has 126 valence electrons. The van der Waals surface area contributed by atoms with E-state index in [1.165, 1.54) is 6.42 Å². The molecule has 1 rings (SSSR count). The molecule has 0 spiro atoms. The summed E-state index contributed by atoms with van der Waals surface area (Å²) in [4.78, 5) is 3.69. The maximum Gasteiger partial charge on any atom is 4.00 e. The van der Waals surface area contributed by atoms with Crippen LogP contribution >= 0.6 is 12.2 Å². The fourth-order valence-electron chi connectivity index (χ4n) is 2.59. The summed E-state index contributed by atoms with van der Waals surface area (Å²) in [5, 5.41) is 14.0. The minimum absolute atomic E-state index is 0. The van der Waals surface area contributed by atoms with Gasteiger partial charge in [0.05, 0.1) is 16.8 Å². The van der Waals surface area contributed by atoms with Gasteiger partial charge in [-0.05, 0) is 49.7 Å². The summed E-state index contributed by atoms with van der Waals surface area (Å²) < 4.78 is 5.59. The minimum Gasteiger partial charge on any atom is -1.00 e. The molecule has 3 nitrogen and oxygen atoms in total. The number of hydrogen-bond donors (Lipinski definition) is 0. The van der Waals surface area contributed by atoms with Gasteiger partial charge in [-0.3, -0.25) is 0 Å². The van der Waals surface area contributed by atoms with E-state index in [0.717, 1.165) is 12.8 Å². The molecule has 0 saturated heterocycles. The zero-order chi connectivity index (χ0) is 13.7. The number of thiocarbonyl (C=S) groups is 1. The molecule has 0 aliphatic heterocycles. The van der Waals surface area contributed by atoms with E-state index in [2.05, 4.69) is 43.1 Å². The first-order valence-electron chi connectivity index (χ1n) is 6.58. The second kappa shape index (κ2) is 15.3. The van der Waals surface area contributed by atoms with Crippen molar-refractivity contribution >= 4 is 17.4 Å². The molecule has 0 heterocycles. The quantitative estimate of drug-likeness (QED) is 0.196. The van der Waals surface area contributed by atoms with Crippen LogP contribution in [0.4, 0.5) is 0 Å². The Balaban J connectivity index is -0.000000405. The fourth-order valence-corrected chi connectivity index (χ4v) is 2.72. The van der Waals surface area contributed by atoms with Gasteiger partial charge in [-0.25, -0.2) is 0 Å². The topological polar surface area (TPSA) is 44.7 Å². The standard InChI is InChI=1S/C14H23NO2S.3ClH.Ti/c1-9(2)12-6-5-10(3)7-13(12)17-14(16)11(4)15-8-18;;;;/h9-10,12-13,16H,5-7H2,1-4H3;3*1H;/q;;;;+4/p-4/b14-11+;;;;/t10-,12+,13-;;;;/m1..../s1. The van der Waals surface area contributed by atoms with Gasteiger partial charge in [-0.2, -0.15) is 4.99 Å². The van der Waals surface area contributed by atoms with Gasteiger partial charge >= 0.3 is 21.7 Å². The average molecular weight is 423 g/mol. The van der Waals surface area contributed by atoms with Gasteiger partial charge in [0.15, 0.2) is 0 Å². The maximum atomic E-state index is 11.8. The van der Waals surface area contributed by atoms with Crippen molar-refractivity contribution in [3.8, 4) is 0 Å². The van der Waals surface area contributed by atoms with Crippen LogP contribution in [0.15, 0.2) is 16.6 Å². The minimum atomic E-state index is -0.364. The number of ether oxygens (including phenoxy) is 1. The molecule has 0 aromatic rings. The van der Waals surface area contributed by atoms with Crippen LogP contribution < -0.4 is 42.3 Å². The van der Waals surface area contributed by atoms with Crippen LogP contribution in [-0.2, 0) is 26.5 Å². The molecule has 0 N–H and O–H groups in total. The van der Waals surface area contributed by atoms with Gasteiger partial charge in [0.25, 0.3) is 0 Å². The Hall–Kier alpha value is 0.724. The summed E-state index contributed by atoms with van der Waals surface area (Å²) in [5.74, 6) is 1.24. The summed E-state index contributed by atoms with van der Waals surface area (Å²) in [5.41, 5.74) is 0.283. The Bertz CT molecular complexity index is 377. The van der Waals surface area contributed by atoms with Crippen LogP contribution in [0.2, 0.25) is 0 Å². The van der Waals surface area contributed by atoms with Crippen molar-refractivity contribution in [3.63, 3.8) is 0 Å². The van der Waals surface area contributed by atoms with Crippen LogP contribution in [0.1, 0.15) is 47.0 Å². The molecule has 22 heavy (non-hydrogen) atoms. The molecule has 0 radical (unpaired) electrons. The predicted octanol–water partition coefficient (Wildman–Crippen LogP) is -5.87. The zero-order valence-electron chi connectivity index (χ0n) is 13.2. The number of nitrogens with zero attached hydrogens (tertiary/aromatic N) is 1. The summed E-state index contributed by atoms with van der Waals surface area (Å²) in [7, 11) is 0. The molecule has 1 aliphatic carbocycles. The normalized spacial score (nSPS) is 24.1. The number of isothiocyanates is 1. The molecule has 0 amide bonds. The Kier molecular flexibility index (Phi) is 21.2. The third-order valence-electron chi connectivity index (χ3n) is 3.73. The zero-order valence-corrected chi connectivity index (χ0v) is 17.9. The third kappa shape index (κ3) is 9.77. The molecule has 0 unspecified atom stereocenters. The van der Waals surface area contributed by atoms with Crippen molar-refractivity contribution in [2.45, 2.75) is 53.1 Å². The van der Waals surface area contributed by atoms with E-state index in [1.54, 1.807) is 6.92 Å². The fraction of sp³-hybridized carbons (Fsp3) is 0.786. The van der Waals surface area contributed by atoms with Crippen LogP contribution in [0, 0.1) is 17.8 Å². The predicted molar refractivity (Wildman–Crippen MR) is 73.9 cm³/mol. The molecular formula is C14H22Cl3NO2STi. The van der Waals surface area contributed by atoms with Gasteiger partial charge in [0.1, 0.15) is 0 Å². The molecule has 1 aliphatic rings. The average Bonchev–Trinajstić information content (AvgIpc) is 2.28. The number of allylic oxidation sites excluding steroid dienone is 1. The monoisotopic (exact) mass is 421 g/mol. The molecule has 1 fully saturated rings. The molecular weight excluding hydrogens is 400 g/mol. The van der Waals surface area contributed by atoms with Gasteiger partial charge < -0.3 is 47.1 Å².